The minimum Gasteiger partial charge on any atom is -0.481 e. The number of carbonyl (C=O) groups is 1. The molecule has 0 bridgehead atoms. The number of benzene rings is 1. The first-order valence-electron chi connectivity index (χ1n) is 6.79. The van der Waals surface area contributed by atoms with Crippen LogP contribution in [0, 0.1) is 0 Å². The Bertz CT molecular complexity index is 372. The van der Waals surface area contributed by atoms with E-state index in [-0.39, 0.29) is 6.42 Å². The molecule has 0 aliphatic carbocycles. The van der Waals surface area contributed by atoms with E-state index in [2.05, 4.69) is 36.1 Å². The molecule has 0 fully saturated rings. The summed E-state index contributed by atoms with van der Waals surface area (Å²) in [5.41, 5.74) is 2.37. The van der Waals surface area contributed by atoms with Crippen LogP contribution in [0.3, 0.4) is 0 Å². The fraction of sp³-hybridized carbons (Fsp3) is 0.533. The van der Waals surface area contributed by atoms with Crippen molar-refractivity contribution in [2.75, 3.05) is 23.9 Å². The number of carboxylic acid groups (broad SMARTS) is 1. The van der Waals surface area contributed by atoms with Gasteiger partial charge in [0, 0.05) is 31.1 Å². The van der Waals surface area contributed by atoms with Crippen molar-refractivity contribution in [3.63, 3.8) is 0 Å². The lowest BCUT2D eigenvalue weighted by atomic mass is 10.1. The van der Waals surface area contributed by atoms with Gasteiger partial charge >= 0.3 is 5.97 Å². The molecule has 0 aromatic heterocycles. The third kappa shape index (κ3) is 5.97. The van der Waals surface area contributed by atoms with Crippen molar-refractivity contribution < 1.29 is 9.90 Å². The Kier molecular flexibility index (Phi) is 7.34. The second-order valence-corrected chi connectivity index (χ2v) is 4.97. The molecule has 0 radical (unpaired) electrons. The zero-order valence-corrected chi connectivity index (χ0v) is 12.2. The van der Waals surface area contributed by atoms with E-state index in [4.69, 9.17) is 16.7 Å². The predicted octanol–water partition coefficient (Wildman–Crippen LogP) is 3.55. The summed E-state index contributed by atoms with van der Waals surface area (Å²) in [7, 11) is 0. The largest absolute Gasteiger partial charge is 0.481 e. The van der Waals surface area contributed by atoms with Gasteiger partial charge in [-0.05, 0) is 37.0 Å². The number of halogens is 1. The van der Waals surface area contributed by atoms with Crippen LogP contribution in [0.15, 0.2) is 24.3 Å². The van der Waals surface area contributed by atoms with Gasteiger partial charge in [-0.15, -0.1) is 11.6 Å². The number of hydrogen-bond donors (Lipinski definition) is 1. The van der Waals surface area contributed by atoms with E-state index in [9.17, 15) is 4.79 Å². The van der Waals surface area contributed by atoms with Crippen LogP contribution in [0.4, 0.5) is 5.69 Å². The summed E-state index contributed by atoms with van der Waals surface area (Å²) in [6, 6.07) is 8.35. The molecule has 106 valence electrons. The molecule has 19 heavy (non-hydrogen) atoms. The highest BCUT2D eigenvalue weighted by atomic mass is 35.5. The van der Waals surface area contributed by atoms with Crippen molar-refractivity contribution in [2.45, 2.75) is 32.6 Å². The van der Waals surface area contributed by atoms with Gasteiger partial charge in [-0.1, -0.05) is 19.1 Å². The Morgan fingerprint density at radius 3 is 2.47 bits per heavy atom. The van der Waals surface area contributed by atoms with Crippen molar-refractivity contribution in [3.8, 4) is 0 Å². The molecular weight excluding hydrogens is 262 g/mol. The van der Waals surface area contributed by atoms with Gasteiger partial charge < -0.3 is 10.0 Å². The number of hydrogen-bond acceptors (Lipinski definition) is 2. The summed E-state index contributed by atoms with van der Waals surface area (Å²) in [4.78, 5) is 12.7. The number of anilines is 1. The van der Waals surface area contributed by atoms with E-state index in [1.165, 1.54) is 11.3 Å². The van der Waals surface area contributed by atoms with Gasteiger partial charge in [0.15, 0.2) is 0 Å². The molecule has 0 aliphatic heterocycles. The molecule has 0 saturated heterocycles. The molecule has 1 rings (SSSR count). The Labute approximate surface area is 120 Å². The Hall–Kier alpha value is -1.22. The first-order valence-corrected chi connectivity index (χ1v) is 7.32. The molecule has 0 heterocycles. The van der Waals surface area contributed by atoms with Gasteiger partial charge in [0.1, 0.15) is 0 Å². The first-order chi connectivity index (χ1) is 9.17. The van der Waals surface area contributed by atoms with Gasteiger partial charge in [-0.2, -0.15) is 0 Å². The molecule has 1 aromatic rings. The number of nitrogens with zero attached hydrogens (tertiary/aromatic N) is 1. The molecule has 0 spiro atoms. The molecule has 0 atom stereocenters. The average Bonchev–Trinajstić information content (AvgIpc) is 2.39. The van der Waals surface area contributed by atoms with Crippen molar-refractivity contribution in [3.05, 3.63) is 29.8 Å². The Morgan fingerprint density at radius 1 is 1.26 bits per heavy atom. The monoisotopic (exact) mass is 283 g/mol. The third-order valence-corrected chi connectivity index (χ3v) is 3.17. The fourth-order valence-electron chi connectivity index (χ4n) is 2.06. The minimum absolute atomic E-state index is 0.232. The maximum atomic E-state index is 10.5. The van der Waals surface area contributed by atoms with Gasteiger partial charge in [-0.3, -0.25) is 4.79 Å². The lowest BCUT2D eigenvalue weighted by Crippen LogP contribution is -2.26. The number of aryl methyl sites for hydroxylation is 1. The average molecular weight is 284 g/mol. The fourth-order valence-corrected chi connectivity index (χ4v) is 2.26. The predicted molar refractivity (Wildman–Crippen MR) is 80.2 cm³/mol. The number of rotatable bonds is 9. The van der Waals surface area contributed by atoms with Gasteiger partial charge in [0.25, 0.3) is 0 Å². The number of alkyl halides is 1. The van der Waals surface area contributed by atoms with Crippen molar-refractivity contribution in [2.24, 2.45) is 0 Å². The maximum Gasteiger partial charge on any atom is 0.303 e. The van der Waals surface area contributed by atoms with Crippen molar-refractivity contribution in [1.82, 2.24) is 0 Å². The lowest BCUT2D eigenvalue weighted by Gasteiger charge is -2.23. The van der Waals surface area contributed by atoms with E-state index >= 15 is 0 Å². The summed E-state index contributed by atoms with van der Waals surface area (Å²) in [5.74, 6) is -0.103. The SMILES string of the molecule is CCCN(CCCl)c1ccc(CCCC(=O)O)cc1. The van der Waals surface area contributed by atoms with Crippen molar-refractivity contribution >= 4 is 23.3 Å². The van der Waals surface area contributed by atoms with Crippen molar-refractivity contribution in [1.29, 1.82) is 0 Å². The quantitative estimate of drug-likeness (QED) is 0.705. The summed E-state index contributed by atoms with van der Waals surface area (Å²) in [5, 5.41) is 8.61. The first kappa shape index (κ1) is 15.8. The summed E-state index contributed by atoms with van der Waals surface area (Å²) in [6.07, 6.45) is 2.83. The summed E-state index contributed by atoms with van der Waals surface area (Å²) in [6.45, 7) is 4.01. The highest BCUT2D eigenvalue weighted by molar-refractivity contribution is 6.18. The second-order valence-electron chi connectivity index (χ2n) is 4.59. The van der Waals surface area contributed by atoms with Crippen LogP contribution in [-0.2, 0) is 11.2 Å². The summed E-state index contributed by atoms with van der Waals surface area (Å²) < 4.78 is 0. The highest BCUT2D eigenvalue weighted by Gasteiger charge is 2.05. The van der Waals surface area contributed by atoms with Gasteiger partial charge in [-0.25, -0.2) is 0 Å². The standard InChI is InChI=1S/C15H22ClNO2/c1-2-11-17(12-10-16)14-8-6-13(7-9-14)4-3-5-15(18)19/h6-9H,2-5,10-12H2,1H3,(H,18,19). The Balaban J connectivity index is 2.55. The molecule has 0 amide bonds. The Morgan fingerprint density at radius 2 is 1.95 bits per heavy atom. The molecule has 3 nitrogen and oxygen atoms in total. The second kappa shape index (κ2) is 8.81. The zero-order valence-electron chi connectivity index (χ0n) is 11.4. The zero-order chi connectivity index (χ0) is 14.1. The maximum absolute atomic E-state index is 10.5. The van der Waals surface area contributed by atoms with Gasteiger partial charge in [0.05, 0.1) is 0 Å². The van der Waals surface area contributed by atoms with E-state index in [0.717, 1.165) is 25.9 Å². The highest BCUT2D eigenvalue weighted by Crippen LogP contribution is 2.17. The molecule has 1 N–H and O–H groups in total. The normalized spacial score (nSPS) is 10.4. The molecule has 4 heteroatoms. The van der Waals surface area contributed by atoms with Crippen LogP contribution in [0.1, 0.15) is 31.7 Å². The van der Waals surface area contributed by atoms with Crippen LogP contribution in [-0.4, -0.2) is 30.0 Å². The van der Waals surface area contributed by atoms with E-state index in [0.29, 0.717) is 12.3 Å². The van der Waals surface area contributed by atoms with Crippen LogP contribution < -0.4 is 4.90 Å². The molecule has 0 aliphatic rings. The number of aliphatic carboxylic acids is 1. The third-order valence-electron chi connectivity index (χ3n) is 3.01. The topological polar surface area (TPSA) is 40.5 Å². The minimum atomic E-state index is -0.729. The molecule has 1 aromatic carbocycles. The van der Waals surface area contributed by atoms with Crippen LogP contribution >= 0.6 is 11.6 Å². The van der Waals surface area contributed by atoms with E-state index in [1.807, 2.05) is 0 Å². The van der Waals surface area contributed by atoms with Gasteiger partial charge in [0.2, 0.25) is 0 Å². The van der Waals surface area contributed by atoms with Crippen LogP contribution in [0.25, 0.3) is 0 Å². The van der Waals surface area contributed by atoms with Crippen LogP contribution in [0.2, 0.25) is 0 Å². The van der Waals surface area contributed by atoms with Crippen LogP contribution in [0.5, 0.6) is 0 Å². The smallest absolute Gasteiger partial charge is 0.303 e. The molecular formula is C15H22ClNO2. The molecule has 0 saturated carbocycles. The molecule has 0 unspecified atom stereocenters. The summed E-state index contributed by atoms with van der Waals surface area (Å²) >= 11 is 5.81. The van der Waals surface area contributed by atoms with E-state index < -0.39 is 5.97 Å². The van der Waals surface area contributed by atoms with E-state index in [1.54, 1.807) is 0 Å². The lowest BCUT2D eigenvalue weighted by molar-refractivity contribution is -0.137. The number of carboxylic acids is 1.